The molecule has 280 valence electrons. The summed E-state index contributed by atoms with van der Waals surface area (Å²) in [5.74, 6) is -0.373. The first-order chi connectivity index (χ1) is 24.0. The molecule has 51 heavy (non-hydrogen) atoms. The van der Waals surface area contributed by atoms with Gasteiger partial charge in [0.2, 0.25) is 11.8 Å². The zero-order valence-corrected chi connectivity index (χ0v) is 30.8. The van der Waals surface area contributed by atoms with Gasteiger partial charge >= 0.3 is 18.3 Å². The summed E-state index contributed by atoms with van der Waals surface area (Å²) in [5.41, 5.74) is 0.375. The van der Waals surface area contributed by atoms with E-state index in [-0.39, 0.29) is 31.5 Å². The van der Waals surface area contributed by atoms with E-state index in [1.165, 1.54) is 14.0 Å². The molecule has 3 rings (SSSR count). The number of nitrogens with one attached hydrogen (secondary N) is 3. The molecule has 0 radical (unpaired) electrons. The van der Waals surface area contributed by atoms with Crippen molar-refractivity contribution in [1.82, 2.24) is 20.9 Å². The van der Waals surface area contributed by atoms with Crippen molar-refractivity contribution in [3.8, 4) is 5.75 Å². The average molecular weight is 713 g/mol. The van der Waals surface area contributed by atoms with Crippen molar-refractivity contribution in [2.75, 3.05) is 26.8 Å². The van der Waals surface area contributed by atoms with Crippen molar-refractivity contribution in [3.05, 3.63) is 65.2 Å². The summed E-state index contributed by atoms with van der Waals surface area (Å²) in [6.45, 7) is 13.2. The molecule has 0 fully saturated rings. The molecule has 2 aromatic carbocycles. The van der Waals surface area contributed by atoms with Gasteiger partial charge in [0.1, 0.15) is 30.0 Å². The van der Waals surface area contributed by atoms with Gasteiger partial charge in [-0.05, 0) is 65.2 Å². The molecule has 0 unspecified atom stereocenters. The summed E-state index contributed by atoms with van der Waals surface area (Å²) >= 11 is 0. The largest absolute Gasteiger partial charge is 0.510 e. The Labute approximate surface area is 299 Å². The van der Waals surface area contributed by atoms with Gasteiger partial charge in [-0.3, -0.25) is 14.9 Å². The van der Waals surface area contributed by atoms with Crippen LogP contribution in [0.2, 0.25) is 0 Å². The van der Waals surface area contributed by atoms with Crippen molar-refractivity contribution in [2.45, 2.75) is 97.7 Å². The highest BCUT2D eigenvalue weighted by atomic mass is 16.7. The fourth-order valence-electron chi connectivity index (χ4n) is 5.52. The number of carbonyl (C=O) groups is 5. The van der Waals surface area contributed by atoms with Crippen LogP contribution in [0.4, 0.5) is 14.4 Å². The lowest BCUT2D eigenvalue weighted by Crippen LogP contribution is -2.56. The predicted molar refractivity (Wildman–Crippen MR) is 188 cm³/mol. The fourth-order valence-corrected chi connectivity index (χ4v) is 5.52. The molecule has 0 spiro atoms. The van der Waals surface area contributed by atoms with Crippen LogP contribution in [-0.4, -0.2) is 85.3 Å². The second-order valence-corrected chi connectivity index (χ2v) is 13.7. The molecule has 0 saturated carbocycles. The van der Waals surface area contributed by atoms with Crippen LogP contribution in [0.3, 0.4) is 0 Å². The molecule has 1 aliphatic rings. The van der Waals surface area contributed by atoms with Crippen LogP contribution in [-0.2, 0) is 48.0 Å². The number of ether oxygens (including phenoxy) is 5. The van der Waals surface area contributed by atoms with E-state index in [9.17, 15) is 24.0 Å². The maximum absolute atomic E-state index is 13.3. The first kappa shape index (κ1) is 40.4. The van der Waals surface area contributed by atoms with Crippen LogP contribution >= 0.6 is 0 Å². The molecular weight excluding hydrogens is 660 g/mol. The highest BCUT2D eigenvalue weighted by molar-refractivity contribution is 5.90. The zero-order chi connectivity index (χ0) is 37.8. The summed E-state index contributed by atoms with van der Waals surface area (Å²) in [6, 6.07) is 13.0. The zero-order valence-electron chi connectivity index (χ0n) is 30.8. The number of amides is 4. The first-order valence-electron chi connectivity index (χ1n) is 17.1. The Kier molecular flexibility index (Phi) is 14.5. The molecule has 0 bridgehead atoms. The Morgan fingerprint density at radius 2 is 1.63 bits per heavy atom. The average Bonchev–Trinajstić information content (AvgIpc) is 3.07. The van der Waals surface area contributed by atoms with Crippen LogP contribution in [0, 0.1) is 5.92 Å². The molecule has 3 N–H and O–H groups in total. The summed E-state index contributed by atoms with van der Waals surface area (Å²) in [5, 5.41) is 7.91. The predicted octanol–water partition coefficient (Wildman–Crippen LogP) is 4.86. The van der Waals surface area contributed by atoms with Crippen LogP contribution < -0.4 is 20.7 Å². The van der Waals surface area contributed by atoms with Gasteiger partial charge in [0.15, 0.2) is 5.72 Å². The summed E-state index contributed by atoms with van der Waals surface area (Å²) in [7, 11) is 1.19. The highest BCUT2D eigenvalue weighted by Gasteiger charge is 2.42. The first-order valence-corrected chi connectivity index (χ1v) is 17.1. The smallest absolute Gasteiger partial charge is 0.493 e. The van der Waals surface area contributed by atoms with Gasteiger partial charge in [-0.1, -0.05) is 49.4 Å². The maximum atomic E-state index is 13.3. The highest BCUT2D eigenvalue weighted by Crippen LogP contribution is 2.36. The Balaban J connectivity index is 1.57. The number of nitrogens with zero attached hydrogens (tertiary/aromatic N) is 1. The SMILES string of the molecule is CCN(C[C@H](C)COc1cccc2c1C[C@](NC(=O)OC(C)(C)C)(OC(=O)OC)CC2)C(=O)[C@H](C)NC(=O)[C@H](C)NC(=O)OCc1ccccc1. The standard InChI is InChI=1S/C37H52N4O10/c1-9-41(32(43)26(4)38-31(42)25(3)39-33(44)49-23-27-14-11-10-12-15-27)21-24(2)22-48-30-17-13-16-28-18-19-37(20-29(28)30,51-35(46)47-8)40-34(45)50-36(5,6)7/h10-17,24-26H,9,18-23H2,1-8H3,(H,38,42)(H,39,44)(H,40,45)/t24-,25-,26-,37+/m0/s1. The Hall–Kier alpha value is -5.01. The maximum Gasteiger partial charge on any atom is 0.510 e. The lowest BCUT2D eigenvalue weighted by Gasteiger charge is -2.38. The van der Waals surface area contributed by atoms with Crippen LogP contribution in [0.5, 0.6) is 5.75 Å². The van der Waals surface area contributed by atoms with Gasteiger partial charge in [0, 0.05) is 37.4 Å². The van der Waals surface area contributed by atoms with Crippen LogP contribution in [0.25, 0.3) is 0 Å². The number of benzene rings is 2. The van der Waals surface area contributed by atoms with E-state index in [1.54, 1.807) is 38.7 Å². The molecular formula is C37H52N4O10. The van der Waals surface area contributed by atoms with E-state index in [1.807, 2.05) is 56.3 Å². The van der Waals surface area contributed by atoms with Gasteiger partial charge < -0.3 is 39.2 Å². The van der Waals surface area contributed by atoms with Crippen LogP contribution in [0.1, 0.15) is 71.6 Å². The molecule has 1 aliphatic carbocycles. The molecule has 2 aromatic rings. The van der Waals surface area contributed by atoms with Crippen molar-refractivity contribution in [2.24, 2.45) is 5.92 Å². The molecule has 4 atom stereocenters. The van der Waals surface area contributed by atoms with E-state index in [2.05, 4.69) is 16.0 Å². The minimum atomic E-state index is -1.42. The van der Waals surface area contributed by atoms with Gasteiger partial charge in [0.05, 0.1) is 13.7 Å². The van der Waals surface area contributed by atoms with E-state index in [4.69, 9.17) is 23.7 Å². The van der Waals surface area contributed by atoms with E-state index < -0.39 is 47.7 Å². The van der Waals surface area contributed by atoms with E-state index in [0.29, 0.717) is 31.7 Å². The quantitative estimate of drug-likeness (QED) is 0.140. The van der Waals surface area contributed by atoms with Crippen molar-refractivity contribution in [3.63, 3.8) is 0 Å². The second kappa shape index (κ2) is 18.3. The lowest BCUT2D eigenvalue weighted by atomic mass is 9.85. The number of alkyl carbamates (subject to hydrolysis) is 2. The van der Waals surface area contributed by atoms with Gasteiger partial charge in [-0.25, -0.2) is 14.4 Å². The molecule has 14 heteroatoms. The van der Waals surface area contributed by atoms with Crippen molar-refractivity contribution < 1.29 is 47.7 Å². The Morgan fingerprint density at radius 3 is 2.27 bits per heavy atom. The minimum Gasteiger partial charge on any atom is -0.493 e. The van der Waals surface area contributed by atoms with Gasteiger partial charge in [-0.2, -0.15) is 0 Å². The number of fused-ring (bicyclic) bond motifs is 1. The van der Waals surface area contributed by atoms with Gasteiger partial charge in [-0.15, -0.1) is 0 Å². The fraction of sp³-hybridized carbons (Fsp3) is 0.541. The number of carbonyl (C=O) groups excluding carboxylic acids is 5. The third kappa shape index (κ3) is 12.7. The molecule has 0 aromatic heterocycles. The lowest BCUT2D eigenvalue weighted by molar-refractivity contribution is -0.136. The minimum absolute atomic E-state index is 0.0614. The van der Waals surface area contributed by atoms with E-state index >= 15 is 0 Å². The third-order valence-electron chi connectivity index (χ3n) is 8.08. The van der Waals surface area contributed by atoms with E-state index in [0.717, 1.165) is 16.7 Å². The summed E-state index contributed by atoms with van der Waals surface area (Å²) in [6.07, 6.45) is -1.52. The van der Waals surface area contributed by atoms with Gasteiger partial charge in [0.25, 0.3) is 0 Å². The molecule has 14 nitrogen and oxygen atoms in total. The summed E-state index contributed by atoms with van der Waals surface area (Å²) in [4.78, 5) is 65.0. The Morgan fingerprint density at radius 1 is 0.922 bits per heavy atom. The Bertz CT molecular complexity index is 1510. The number of likely N-dealkylation sites (N-methyl/N-ethyl adjacent to an activating group) is 1. The molecule has 4 amide bonds. The number of hydrogen-bond donors (Lipinski definition) is 3. The van der Waals surface area contributed by atoms with Crippen molar-refractivity contribution in [1.29, 1.82) is 0 Å². The monoisotopic (exact) mass is 712 g/mol. The molecule has 0 saturated heterocycles. The topological polar surface area (TPSA) is 171 Å². The third-order valence-corrected chi connectivity index (χ3v) is 8.08. The van der Waals surface area contributed by atoms with Crippen LogP contribution in [0.15, 0.2) is 48.5 Å². The number of aryl methyl sites for hydroxylation is 1. The second-order valence-electron chi connectivity index (χ2n) is 13.7. The number of rotatable bonds is 14. The number of hydrogen-bond acceptors (Lipinski definition) is 10. The summed E-state index contributed by atoms with van der Waals surface area (Å²) < 4.78 is 27.3. The van der Waals surface area contributed by atoms with Crippen molar-refractivity contribution >= 4 is 30.2 Å². The molecule has 0 aliphatic heterocycles. The molecule has 0 heterocycles. The normalized spacial score (nSPS) is 16.9. The number of methoxy groups -OCH3 is 1.